The summed E-state index contributed by atoms with van der Waals surface area (Å²) in [6.07, 6.45) is 3.95. The van der Waals surface area contributed by atoms with Gasteiger partial charge in [0.05, 0.1) is 0 Å². The lowest BCUT2D eigenvalue weighted by molar-refractivity contribution is 0.0956. The van der Waals surface area contributed by atoms with E-state index in [0.29, 0.717) is 24.4 Å². The third-order valence-corrected chi connectivity index (χ3v) is 4.36. The third kappa shape index (κ3) is 3.53. The first-order valence-electron chi connectivity index (χ1n) is 7.76. The summed E-state index contributed by atoms with van der Waals surface area (Å²) in [6, 6.07) is 8.35. The summed E-state index contributed by atoms with van der Waals surface area (Å²) in [6.45, 7) is 7.25. The number of hydrogen-bond donors (Lipinski definition) is 2. The molecule has 2 atom stereocenters. The fraction of sp³-hybridized carbons (Fsp3) is 0.588. The Morgan fingerprint density at radius 1 is 1.15 bits per heavy atom. The van der Waals surface area contributed by atoms with Crippen LogP contribution in [0.3, 0.4) is 0 Å². The van der Waals surface area contributed by atoms with Crippen LogP contribution in [0.15, 0.2) is 24.3 Å². The van der Waals surface area contributed by atoms with Gasteiger partial charge >= 0.3 is 0 Å². The van der Waals surface area contributed by atoms with Gasteiger partial charge in [0.1, 0.15) is 0 Å². The molecular weight excluding hydrogens is 248 g/mol. The minimum Gasteiger partial charge on any atom is -0.382 e. The van der Waals surface area contributed by atoms with E-state index in [1.165, 1.54) is 19.3 Å². The van der Waals surface area contributed by atoms with Crippen LogP contribution in [0.5, 0.6) is 0 Å². The maximum Gasteiger partial charge on any atom is 0.251 e. The molecule has 1 aromatic carbocycles. The second-order valence-corrected chi connectivity index (χ2v) is 5.99. The van der Waals surface area contributed by atoms with Gasteiger partial charge in [-0.25, -0.2) is 0 Å². The Bertz CT molecular complexity index is 431. The molecule has 0 aliphatic heterocycles. The lowest BCUT2D eigenvalue weighted by atomic mass is 9.78. The first-order chi connectivity index (χ1) is 9.61. The topological polar surface area (TPSA) is 41.1 Å². The molecule has 20 heavy (non-hydrogen) atoms. The summed E-state index contributed by atoms with van der Waals surface area (Å²) in [5.41, 5.74) is 1.84. The summed E-state index contributed by atoms with van der Waals surface area (Å²) in [5.74, 6) is 1.42. The Morgan fingerprint density at radius 3 is 2.30 bits per heavy atom. The zero-order valence-electron chi connectivity index (χ0n) is 12.8. The van der Waals surface area contributed by atoms with Crippen LogP contribution in [-0.4, -0.2) is 18.5 Å². The average Bonchev–Trinajstić information content (AvgIpc) is 2.44. The molecule has 1 amide bonds. The van der Waals surface area contributed by atoms with Crippen molar-refractivity contribution in [2.75, 3.05) is 11.9 Å². The van der Waals surface area contributed by atoms with Gasteiger partial charge in [-0.15, -0.1) is 0 Å². The lowest BCUT2D eigenvalue weighted by Crippen LogP contribution is -2.37. The molecule has 1 aliphatic carbocycles. The maximum atomic E-state index is 11.7. The van der Waals surface area contributed by atoms with E-state index in [1.807, 2.05) is 31.2 Å². The van der Waals surface area contributed by atoms with Crippen LogP contribution < -0.4 is 10.6 Å². The maximum absolute atomic E-state index is 11.7. The Labute approximate surface area is 122 Å². The van der Waals surface area contributed by atoms with Crippen molar-refractivity contribution in [2.45, 2.75) is 46.1 Å². The average molecular weight is 274 g/mol. The number of carbonyl (C=O) groups is 1. The van der Waals surface area contributed by atoms with Crippen LogP contribution in [0.25, 0.3) is 0 Å². The highest BCUT2D eigenvalue weighted by atomic mass is 16.1. The van der Waals surface area contributed by atoms with Gasteiger partial charge in [-0.3, -0.25) is 4.79 Å². The summed E-state index contributed by atoms with van der Waals surface area (Å²) < 4.78 is 0. The smallest absolute Gasteiger partial charge is 0.251 e. The van der Waals surface area contributed by atoms with E-state index >= 15 is 0 Å². The minimum absolute atomic E-state index is 0.00143. The largest absolute Gasteiger partial charge is 0.382 e. The SMILES string of the molecule is CCNC(=O)c1ccc(NC2C(C)CCCC2C)cc1. The molecule has 2 rings (SSSR count). The van der Waals surface area contributed by atoms with E-state index in [9.17, 15) is 4.79 Å². The van der Waals surface area contributed by atoms with Gasteiger partial charge in [-0.2, -0.15) is 0 Å². The highest BCUT2D eigenvalue weighted by Crippen LogP contribution is 2.31. The quantitative estimate of drug-likeness (QED) is 0.879. The van der Waals surface area contributed by atoms with Gasteiger partial charge in [0.25, 0.3) is 5.91 Å². The van der Waals surface area contributed by atoms with E-state index in [-0.39, 0.29) is 5.91 Å². The van der Waals surface area contributed by atoms with E-state index in [4.69, 9.17) is 0 Å². The molecule has 2 N–H and O–H groups in total. The predicted octanol–water partition coefficient (Wildman–Crippen LogP) is 3.67. The molecule has 1 aromatic rings. The highest BCUT2D eigenvalue weighted by molar-refractivity contribution is 5.94. The molecule has 1 aliphatic rings. The fourth-order valence-corrected chi connectivity index (χ4v) is 3.14. The van der Waals surface area contributed by atoms with Crippen molar-refractivity contribution < 1.29 is 4.79 Å². The molecule has 0 spiro atoms. The number of nitrogens with one attached hydrogen (secondary N) is 2. The molecule has 0 bridgehead atoms. The van der Waals surface area contributed by atoms with Crippen LogP contribution >= 0.6 is 0 Å². The molecule has 0 heterocycles. The molecule has 1 fully saturated rings. The molecule has 3 heteroatoms. The van der Waals surface area contributed by atoms with E-state index in [0.717, 1.165) is 11.3 Å². The lowest BCUT2D eigenvalue weighted by Gasteiger charge is -2.35. The van der Waals surface area contributed by atoms with Gasteiger partial charge in [-0.1, -0.05) is 20.3 Å². The fourth-order valence-electron chi connectivity index (χ4n) is 3.14. The van der Waals surface area contributed by atoms with Crippen molar-refractivity contribution in [3.8, 4) is 0 Å². The number of carbonyl (C=O) groups excluding carboxylic acids is 1. The van der Waals surface area contributed by atoms with Crippen molar-refractivity contribution in [3.05, 3.63) is 29.8 Å². The first-order valence-corrected chi connectivity index (χ1v) is 7.76. The van der Waals surface area contributed by atoms with Crippen LogP contribution in [0.4, 0.5) is 5.69 Å². The Kier molecular flexibility index (Phi) is 5.05. The summed E-state index contributed by atoms with van der Waals surface area (Å²) in [5, 5.41) is 6.46. The number of amides is 1. The first kappa shape index (κ1) is 14.9. The van der Waals surface area contributed by atoms with Crippen molar-refractivity contribution in [3.63, 3.8) is 0 Å². The van der Waals surface area contributed by atoms with Crippen molar-refractivity contribution in [1.29, 1.82) is 0 Å². The monoisotopic (exact) mass is 274 g/mol. The molecule has 1 saturated carbocycles. The molecule has 3 nitrogen and oxygen atoms in total. The second kappa shape index (κ2) is 6.78. The van der Waals surface area contributed by atoms with Crippen LogP contribution in [0.2, 0.25) is 0 Å². The molecule has 0 saturated heterocycles. The molecule has 0 aromatic heterocycles. The van der Waals surface area contributed by atoms with Crippen molar-refractivity contribution >= 4 is 11.6 Å². The van der Waals surface area contributed by atoms with Gasteiger partial charge in [0.15, 0.2) is 0 Å². The Hall–Kier alpha value is -1.51. The highest BCUT2D eigenvalue weighted by Gasteiger charge is 2.27. The number of anilines is 1. The summed E-state index contributed by atoms with van der Waals surface area (Å²) in [4.78, 5) is 11.7. The summed E-state index contributed by atoms with van der Waals surface area (Å²) in [7, 11) is 0. The van der Waals surface area contributed by atoms with E-state index < -0.39 is 0 Å². The normalized spacial score (nSPS) is 26.1. The van der Waals surface area contributed by atoms with Gasteiger partial charge in [-0.05, 0) is 55.9 Å². The molecular formula is C17H26N2O. The molecule has 110 valence electrons. The third-order valence-electron chi connectivity index (χ3n) is 4.36. The zero-order valence-corrected chi connectivity index (χ0v) is 12.8. The standard InChI is InChI=1S/C17H26N2O/c1-4-18-17(20)14-8-10-15(11-9-14)19-16-12(2)6-5-7-13(16)3/h8-13,16,19H,4-7H2,1-3H3,(H,18,20). The molecule has 2 unspecified atom stereocenters. The predicted molar refractivity (Wildman–Crippen MR) is 84.0 cm³/mol. The van der Waals surface area contributed by atoms with E-state index in [2.05, 4.69) is 24.5 Å². The number of hydrogen-bond acceptors (Lipinski definition) is 2. The number of rotatable bonds is 4. The van der Waals surface area contributed by atoms with Gasteiger partial charge in [0.2, 0.25) is 0 Å². The van der Waals surface area contributed by atoms with Crippen molar-refractivity contribution in [1.82, 2.24) is 5.32 Å². The Balaban J connectivity index is 2.01. The summed E-state index contributed by atoms with van der Waals surface area (Å²) >= 11 is 0. The van der Waals surface area contributed by atoms with Crippen LogP contribution in [-0.2, 0) is 0 Å². The zero-order chi connectivity index (χ0) is 14.5. The second-order valence-electron chi connectivity index (χ2n) is 5.99. The number of benzene rings is 1. The van der Waals surface area contributed by atoms with E-state index in [1.54, 1.807) is 0 Å². The van der Waals surface area contributed by atoms with Gasteiger partial charge < -0.3 is 10.6 Å². The van der Waals surface area contributed by atoms with Crippen LogP contribution in [0.1, 0.15) is 50.4 Å². The minimum atomic E-state index is -0.00143. The Morgan fingerprint density at radius 2 is 1.75 bits per heavy atom. The molecule has 0 radical (unpaired) electrons. The van der Waals surface area contributed by atoms with Crippen molar-refractivity contribution in [2.24, 2.45) is 11.8 Å². The van der Waals surface area contributed by atoms with Crippen LogP contribution in [0, 0.1) is 11.8 Å². The van der Waals surface area contributed by atoms with Gasteiger partial charge in [0, 0.05) is 23.8 Å².